The second-order valence-electron chi connectivity index (χ2n) is 5.73. The summed E-state index contributed by atoms with van der Waals surface area (Å²) in [6.07, 6.45) is 0. The highest BCUT2D eigenvalue weighted by Crippen LogP contribution is 2.30. The Hall–Kier alpha value is -3.28. The number of carbonyl (C=O) groups excluding carboxylic acids is 1. The first-order valence-electron chi connectivity index (χ1n) is 8.80. The minimum atomic E-state index is -0.317. The van der Waals surface area contributed by atoms with Gasteiger partial charge in [-0.1, -0.05) is 6.07 Å². The lowest BCUT2D eigenvalue weighted by molar-refractivity contribution is 0.102. The maximum absolute atomic E-state index is 12.7. The van der Waals surface area contributed by atoms with Gasteiger partial charge in [-0.15, -0.1) is 0 Å². The largest absolute Gasteiger partial charge is 0.497 e. The predicted octanol–water partition coefficient (Wildman–Crippen LogP) is 4.29. The first kappa shape index (κ1) is 18.5. The van der Waals surface area contributed by atoms with Gasteiger partial charge in [-0.2, -0.15) is 0 Å². The number of carbonyl (C=O) groups is 1. The monoisotopic (exact) mass is 366 g/mol. The van der Waals surface area contributed by atoms with Crippen LogP contribution in [-0.2, 0) is 0 Å². The summed E-state index contributed by atoms with van der Waals surface area (Å²) in [7, 11) is 1.61. The molecule has 1 amide bonds. The van der Waals surface area contributed by atoms with Gasteiger partial charge in [0.1, 0.15) is 22.9 Å². The van der Waals surface area contributed by atoms with E-state index in [2.05, 4.69) is 10.3 Å². The van der Waals surface area contributed by atoms with Gasteiger partial charge in [0.2, 0.25) is 0 Å². The van der Waals surface area contributed by atoms with Crippen LogP contribution in [0.15, 0.2) is 48.5 Å². The Labute approximate surface area is 158 Å². The van der Waals surface area contributed by atoms with E-state index in [0.29, 0.717) is 36.1 Å². The van der Waals surface area contributed by atoms with Crippen molar-refractivity contribution in [2.75, 3.05) is 25.6 Å². The molecule has 0 aliphatic carbocycles. The fourth-order valence-corrected chi connectivity index (χ4v) is 2.69. The predicted molar refractivity (Wildman–Crippen MR) is 105 cm³/mol. The Balaban J connectivity index is 1.87. The Morgan fingerprint density at radius 3 is 2.48 bits per heavy atom. The highest BCUT2D eigenvalue weighted by molar-refractivity contribution is 6.05. The summed E-state index contributed by atoms with van der Waals surface area (Å²) < 4.78 is 16.3. The fourth-order valence-electron chi connectivity index (χ4n) is 2.69. The first-order chi connectivity index (χ1) is 13.1. The van der Waals surface area contributed by atoms with Crippen LogP contribution >= 0.6 is 0 Å². The van der Waals surface area contributed by atoms with Crippen molar-refractivity contribution in [2.45, 2.75) is 13.8 Å². The molecule has 0 saturated carbocycles. The number of methoxy groups -OCH3 is 1. The van der Waals surface area contributed by atoms with Crippen molar-refractivity contribution in [1.29, 1.82) is 0 Å². The van der Waals surface area contributed by atoms with Gasteiger partial charge in [0.15, 0.2) is 0 Å². The number of ether oxygens (including phenoxy) is 3. The normalized spacial score (nSPS) is 10.5. The number of aromatic nitrogens is 1. The van der Waals surface area contributed by atoms with Gasteiger partial charge in [0, 0.05) is 11.5 Å². The summed E-state index contributed by atoms with van der Waals surface area (Å²) in [5.41, 5.74) is 1.58. The van der Waals surface area contributed by atoms with E-state index in [4.69, 9.17) is 14.2 Å². The zero-order valence-electron chi connectivity index (χ0n) is 15.6. The van der Waals surface area contributed by atoms with Gasteiger partial charge in [0.25, 0.3) is 5.91 Å². The van der Waals surface area contributed by atoms with Gasteiger partial charge in [-0.25, -0.2) is 4.98 Å². The number of nitrogens with one attached hydrogen (secondary N) is 1. The van der Waals surface area contributed by atoms with Gasteiger partial charge < -0.3 is 19.5 Å². The van der Waals surface area contributed by atoms with Crippen LogP contribution in [0, 0.1) is 0 Å². The molecule has 0 spiro atoms. The first-order valence-corrected chi connectivity index (χ1v) is 8.80. The number of hydrogen-bond acceptors (Lipinski definition) is 5. The van der Waals surface area contributed by atoms with Crippen LogP contribution < -0.4 is 19.5 Å². The van der Waals surface area contributed by atoms with Crippen molar-refractivity contribution in [2.24, 2.45) is 0 Å². The quantitative estimate of drug-likeness (QED) is 0.675. The SMILES string of the molecule is CCOc1ccc(OCC)c(NC(=O)c2ccc3cc(OC)ccc3n2)c1. The molecule has 6 nitrogen and oxygen atoms in total. The van der Waals surface area contributed by atoms with Crippen molar-refractivity contribution in [1.82, 2.24) is 4.98 Å². The number of hydrogen-bond donors (Lipinski definition) is 1. The molecule has 0 atom stereocenters. The highest BCUT2D eigenvalue weighted by atomic mass is 16.5. The molecule has 2 aromatic carbocycles. The lowest BCUT2D eigenvalue weighted by Gasteiger charge is -2.13. The molecule has 0 saturated heterocycles. The molecule has 0 fully saturated rings. The van der Waals surface area contributed by atoms with E-state index in [1.165, 1.54) is 0 Å². The number of anilines is 1. The fraction of sp³-hybridized carbons (Fsp3) is 0.238. The third-order valence-corrected chi connectivity index (χ3v) is 3.94. The van der Waals surface area contributed by atoms with E-state index in [9.17, 15) is 4.79 Å². The molecular formula is C21H22N2O4. The summed E-state index contributed by atoms with van der Waals surface area (Å²) in [6, 6.07) is 14.4. The minimum Gasteiger partial charge on any atom is -0.497 e. The minimum absolute atomic E-state index is 0.317. The molecule has 0 aliphatic heterocycles. The summed E-state index contributed by atoms with van der Waals surface area (Å²) >= 11 is 0. The van der Waals surface area contributed by atoms with E-state index in [-0.39, 0.29) is 5.91 Å². The van der Waals surface area contributed by atoms with E-state index >= 15 is 0 Å². The second-order valence-corrected chi connectivity index (χ2v) is 5.73. The Morgan fingerprint density at radius 2 is 1.74 bits per heavy atom. The second kappa shape index (κ2) is 8.40. The topological polar surface area (TPSA) is 69.7 Å². The van der Waals surface area contributed by atoms with Gasteiger partial charge >= 0.3 is 0 Å². The molecule has 1 N–H and O–H groups in total. The molecule has 3 aromatic rings. The number of rotatable bonds is 7. The summed E-state index contributed by atoms with van der Waals surface area (Å²) in [4.78, 5) is 17.2. The van der Waals surface area contributed by atoms with Gasteiger partial charge in [0.05, 0.1) is 31.5 Å². The van der Waals surface area contributed by atoms with E-state index in [1.54, 1.807) is 25.3 Å². The molecule has 1 heterocycles. The maximum Gasteiger partial charge on any atom is 0.274 e. The molecule has 6 heteroatoms. The van der Waals surface area contributed by atoms with E-state index < -0.39 is 0 Å². The summed E-state index contributed by atoms with van der Waals surface area (Å²) in [6.45, 7) is 4.83. The van der Waals surface area contributed by atoms with E-state index in [1.807, 2.05) is 44.2 Å². The highest BCUT2D eigenvalue weighted by Gasteiger charge is 2.13. The molecule has 140 valence electrons. The number of fused-ring (bicyclic) bond motifs is 1. The van der Waals surface area contributed by atoms with Crippen LogP contribution in [-0.4, -0.2) is 31.2 Å². The average Bonchev–Trinajstić information content (AvgIpc) is 2.69. The third-order valence-electron chi connectivity index (χ3n) is 3.94. The van der Waals surface area contributed by atoms with Crippen LogP contribution in [0.4, 0.5) is 5.69 Å². The average molecular weight is 366 g/mol. The lowest BCUT2D eigenvalue weighted by atomic mass is 10.2. The smallest absolute Gasteiger partial charge is 0.274 e. The van der Waals surface area contributed by atoms with Crippen LogP contribution in [0.25, 0.3) is 10.9 Å². The van der Waals surface area contributed by atoms with Crippen LogP contribution in [0.5, 0.6) is 17.2 Å². The van der Waals surface area contributed by atoms with Crippen LogP contribution in [0.2, 0.25) is 0 Å². The van der Waals surface area contributed by atoms with Crippen LogP contribution in [0.3, 0.4) is 0 Å². The van der Waals surface area contributed by atoms with E-state index in [0.717, 1.165) is 16.7 Å². The van der Waals surface area contributed by atoms with Crippen molar-refractivity contribution < 1.29 is 19.0 Å². The standard InChI is InChI=1S/C21H22N2O4/c1-4-26-16-8-11-20(27-5-2)19(13-16)23-21(24)18-9-6-14-12-15(25-3)7-10-17(14)22-18/h6-13H,4-5H2,1-3H3,(H,23,24). The van der Waals surface area contributed by atoms with Gasteiger partial charge in [-0.3, -0.25) is 4.79 Å². The molecule has 0 radical (unpaired) electrons. The summed E-state index contributed by atoms with van der Waals surface area (Å²) in [5, 5.41) is 3.77. The van der Waals surface area contributed by atoms with Crippen LogP contribution in [0.1, 0.15) is 24.3 Å². The summed E-state index contributed by atoms with van der Waals surface area (Å²) in [5.74, 6) is 1.67. The van der Waals surface area contributed by atoms with Crippen molar-refractivity contribution >= 4 is 22.5 Å². The Bertz CT molecular complexity index is 956. The number of nitrogens with zero attached hydrogens (tertiary/aromatic N) is 1. The van der Waals surface area contributed by atoms with Crippen molar-refractivity contribution in [3.8, 4) is 17.2 Å². The molecule has 0 unspecified atom stereocenters. The number of amides is 1. The zero-order chi connectivity index (χ0) is 19.2. The number of pyridine rings is 1. The molecule has 27 heavy (non-hydrogen) atoms. The Kier molecular flexibility index (Phi) is 5.76. The van der Waals surface area contributed by atoms with Gasteiger partial charge in [-0.05, 0) is 50.2 Å². The molecule has 0 bridgehead atoms. The zero-order valence-corrected chi connectivity index (χ0v) is 15.6. The molecular weight excluding hydrogens is 344 g/mol. The Morgan fingerprint density at radius 1 is 0.963 bits per heavy atom. The molecule has 3 rings (SSSR count). The molecule has 0 aliphatic rings. The number of benzene rings is 2. The lowest BCUT2D eigenvalue weighted by Crippen LogP contribution is -2.14. The third kappa shape index (κ3) is 4.28. The van der Waals surface area contributed by atoms with Crippen molar-refractivity contribution in [3.05, 3.63) is 54.2 Å². The molecule has 1 aromatic heterocycles. The maximum atomic E-state index is 12.7. The van der Waals surface area contributed by atoms with Crippen molar-refractivity contribution in [3.63, 3.8) is 0 Å².